The van der Waals surface area contributed by atoms with Crippen molar-refractivity contribution in [3.8, 4) is 0 Å². The van der Waals surface area contributed by atoms with E-state index in [2.05, 4.69) is 5.48 Å². The van der Waals surface area contributed by atoms with E-state index >= 15 is 0 Å². The van der Waals surface area contributed by atoms with Crippen LogP contribution in [-0.2, 0) is 20.8 Å². The molecule has 1 N–H and O–H groups in total. The summed E-state index contributed by atoms with van der Waals surface area (Å²) in [6.45, 7) is 7.62. The van der Waals surface area contributed by atoms with Gasteiger partial charge in [0, 0.05) is 5.92 Å². The van der Waals surface area contributed by atoms with Crippen LogP contribution in [0.15, 0.2) is 30.3 Å². The first-order valence-corrected chi connectivity index (χ1v) is 6.81. The van der Waals surface area contributed by atoms with Crippen LogP contribution < -0.4 is 5.48 Å². The number of benzene rings is 1. The number of nitrogens with one attached hydrogen (secondary N) is 1. The summed E-state index contributed by atoms with van der Waals surface area (Å²) >= 11 is 0. The van der Waals surface area contributed by atoms with Crippen LogP contribution in [0.3, 0.4) is 0 Å². The molecule has 0 spiro atoms. The molecule has 1 aromatic rings. The Morgan fingerprint density at radius 3 is 2.35 bits per heavy atom. The van der Waals surface area contributed by atoms with E-state index in [1.807, 2.05) is 51.1 Å². The number of rotatable bonds is 4. The molecule has 1 rings (SSSR count). The summed E-state index contributed by atoms with van der Waals surface area (Å²) in [6.07, 6.45) is 0.879. The van der Waals surface area contributed by atoms with E-state index in [1.54, 1.807) is 6.92 Å². The quantitative estimate of drug-likeness (QED) is 0.861. The molecule has 4 heteroatoms. The van der Waals surface area contributed by atoms with Crippen LogP contribution in [-0.4, -0.2) is 11.9 Å². The fourth-order valence-electron chi connectivity index (χ4n) is 1.74. The van der Waals surface area contributed by atoms with Crippen molar-refractivity contribution in [1.82, 2.24) is 5.48 Å². The second-order valence-corrected chi connectivity index (χ2v) is 6.27. The van der Waals surface area contributed by atoms with Crippen LogP contribution in [0.4, 0.5) is 0 Å². The molecule has 1 amide bonds. The number of amides is 1. The third kappa shape index (κ3) is 6.36. The van der Waals surface area contributed by atoms with Crippen molar-refractivity contribution < 1.29 is 14.4 Å². The van der Waals surface area contributed by atoms with Crippen molar-refractivity contribution >= 4 is 11.9 Å². The molecule has 0 bridgehead atoms. The number of hydrogen-bond acceptors (Lipinski definition) is 3. The first-order chi connectivity index (χ1) is 9.28. The van der Waals surface area contributed by atoms with Gasteiger partial charge in [-0.05, 0) is 17.4 Å². The van der Waals surface area contributed by atoms with Gasteiger partial charge in [-0.25, -0.2) is 4.79 Å². The largest absolute Gasteiger partial charge is 0.341 e. The monoisotopic (exact) mass is 277 g/mol. The van der Waals surface area contributed by atoms with Crippen LogP contribution in [0.2, 0.25) is 0 Å². The zero-order valence-electron chi connectivity index (χ0n) is 12.6. The number of carbonyl (C=O) groups excluding carboxylic acids is 2. The minimum absolute atomic E-state index is 0.155. The van der Waals surface area contributed by atoms with Gasteiger partial charge in [0.15, 0.2) is 0 Å². The molecular weight excluding hydrogens is 254 g/mol. The van der Waals surface area contributed by atoms with Crippen molar-refractivity contribution in [1.29, 1.82) is 0 Å². The highest BCUT2D eigenvalue weighted by Crippen LogP contribution is 2.18. The normalized spacial score (nSPS) is 12.6. The number of hydrogen-bond donors (Lipinski definition) is 1. The third-order valence-corrected chi connectivity index (χ3v) is 2.77. The molecule has 0 fully saturated rings. The lowest BCUT2D eigenvalue weighted by atomic mass is 9.93. The number of hydroxylamine groups is 1. The molecular formula is C16H23NO3. The van der Waals surface area contributed by atoms with Gasteiger partial charge < -0.3 is 4.84 Å². The fraction of sp³-hybridized carbons (Fsp3) is 0.500. The molecule has 0 unspecified atom stereocenters. The molecule has 0 aliphatic rings. The van der Waals surface area contributed by atoms with Crippen LogP contribution in [0, 0.1) is 11.3 Å². The summed E-state index contributed by atoms with van der Waals surface area (Å²) in [5.41, 5.74) is 3.16. The smallest absolute Gasteiger partial charge is 0.332 e. The Balaban J connectivity index is 2.37. The Labute approximate surface area is 120 Å². The Kier molecular flexibility index (Phi) is 5.74. The molecule has 1 aromatic carbocycles. The molecule has 0 saturated carbocycles. The van der Waals surface area contributed by atoms with Crippen LogP contribution in [0.25, 0.3) is 0 Å². The van der Waals surface area contributed by atoms with Crippen LogP contribution in [0.1, 0.15) is 39.7 Å². The highest BCUT2D eigenvalue weighted by atomic mass is 16.7. The van der Waals surface area contributed by atoms with Gasteiger partial charge in [0.25, 0.3) is 5.91 Å². The Hall–Kier alpha value is -1.84. The summed E-state index contributed by atoms with van der Waals surface area (Å²) in [5, 5.41) is 0. The Morgan fingerprint density at radius 2 is 1.80 bits per heavy atom. The van der Waals surface area contributed by atoms with E-state index in [9.17, 15) is 9.59 Å². The zero-order chi connectivity index (χ0) is 15.2. The molecule has 110 valence electrons. The van der Waals surface area contributed by atoms with E-state index in [0.717, 1.165) is 5.56 Å². The SMILES string of the molecule is C[C@H](Cc1ccccc1)C(=O)NOC(=O)CC(C)(C)C. The predicted octanol–water partition coefficient (Wildman–Crippen LogP) is 2.88. The predicted molar refractivity (Wildman–Crippen MR) is 77.6 cm³/mol. The fourth-order valence-corrected chi connectivity index (χ4v) is 1.74. The first-order valence-electron chi connectivity index (χ1n) is 6.81. The van der Waals surface area contributed by atoms with Crippen molar-refractivity contribution in [2.75, 3.05) is 0 Å². The molecule has 0 aliphatic heterocycles. The summed E-state index contributed by atoms with van der Waals surface area (Å²) in [6, 6.07) is 9.74. The van der Waals surface area contributed by atoms with E-state index in [0.29, 0.717) is 6.42 Å². The highest BCUT2D eigenvalue weighted by molar-refractivity contribution is 5.80. The van der Waals surface area contributed by atoms with Gasteiger partial charge >= 0.3 is 5.97 Å². The standard InChI is InChI=1S/C16H23NO3/c1-12(10-13-8-6-5-7-9-13)15(19)17-20-14(18)11-16(2,3)4/h5-9,12H,10-11H2,1-4H3,(H,17,19)/t12-/m1/s1. The topological polar surface area (TPSA) is 55.4 Å². The van der Waals surface area contributed by atoms with Gasteiger partial charge in [-0.2, -0.15) is 5.48 Å². The van der Waals surface area contributed by atoms with Gasteiger partial charge in [0.05, 0.1) is 6.42 Å². The summed E-state index contributed by atoms with van der Waals surface area (Å²) in [5.74, 6) is -0.950. The maximum Gasteiger partial charge on any atom is 0.332 e. The molecule has 0 saturated heterocycles. The van der Waals surface area contributed by atoms with Crippen molar-refractivity contribution in [2.45, 2.75) is 40.5 Å². The molecule has 0 radical (unpaired) electrons. The van der Waals surface area contributed by atoms with Crippen molar-refractivity contribution in [3.05, 3.63) is 35.9 Å². The average Bonchev–Trinajstić information content (AvgIpc) is 2.35. The van der Waals surface area contributed by atoms with E-state index < -0.39 is 5.97 Å². The molecule has 4 nitrogen and oxygen atoms in total. The van der Waals surface area contributed by atoms with Gasteiger partial charge in [-0.3, -0.25) is 4.79 Å². The third-order valence-electron chi connectivity index (χ3n) is 2.77. The van der Waals surface area contributed by atoms with Gasteiger partial charge in [0.2, 0.25) is 0 Å². The van der Waals surface area contributed by atoms with Crippen molar-refractivity contribution in [3.63, 3.8) is 0 Å². The lowest BCUT2D eigenvalue weighted by Crippen LogP contribution is -2.33. The second-order valence-electron chi connectivity index (χ2n) is 6.27. The van der Waals surface area contributed by atoms with E-state index in [1.165, 1.54) is 0 Å². The minimum Gasteiger partial charge on any atom is -0.341 e. The lowest BCUT2D eigenvalue weighted by molar-refractivity contribution is -0.161. The maximum atomic E-state index is 11.8. The lowest BCUT2D eigenvalue weighted by Gasteiger charge is -2.17. The van der Waals surface area contributed by atoms with Crippen LogP contribution >= 0.6 is 0 Å². The maximum absolute atomic E-state index is 11.8. The highest BCUT2D eigenvalue weighted by Gasteiger charge is 2.19. The Morgan fingerprint density at radius 1 is 1.20 bits per heavy atom. The minimum atomic E-state index is -0.419. The molecule has 0 aliphatic carbocycles. The van der Waals surface area contributed by atoms with Gasteiger partial charge in [-0.1, -0.05) is 58.0 Å². The second kappa shape index (κ2) is 7.08. The summed E-state index contributed by atoms with van der Waals surface area (Å²) in [7, 11) is 0. The Bertz CT molecular complexity index is 449. The van der Waals surface area contributed by atoms with Gasteiger partial charge in [-0.15, -0.1) is 0 Å². The van der Waals surface area contributed by atoms with Crippen molar-refractivity contribution in [2.24, 2.45) is 11.3 Å². The molecule has 1 atom stereocenters. The summed E-state index contributed by atoms with van der Waals surface area (Å²) < 4.78 is 0. The molecule has 20 heavy (non-hydrogen) atoms. The van der Waals surface area contributed by atoms with E-state index in [4.69, 9.17) is 4.84 Å². The zero-order valence-corrected chi connectivity index (χ0v) is 12.6. The summed E-state index contributed by atoms with van der Waals surface area (Å²) in [4.78, 5) is 28.1. The molecule has 0 heterocycles. The number of carbonyl (C=O) groups is 2. The van der Waals surface area contributed by atoms with Crippen LogP contribution in [0.5, 0.6) is 0 Å². The molecule has 0 aromatic heterocycles. The van der Waals surface area contributed by atoms with E-state index in [-0.39, 0.29) is 23.7 Å². The first kappa shape index (κ1) is 16.2. The van der Waals surface area contributed by atoms with Gasteiger partial charge in [0.1, 0.15) is 0 Å². The average molecular weight is 277 g/mol.